The number of amides is 1. The number of carbonyl (C=O) groups excluding carboxylic acids is 2. The van der Waals surface area contributed by atoms with Crippen LogP contribution < -0.4 is 4.90 Å². The number of nitrogens with zero attached hydrogens (tertiary/aromatic N) is 2. The molecule has 0 bridgehead atoms. The quantitative estimate of drug-likeness (QED) is 0.604. The van der Waals surface area contributed by atoms with Crippen molar-refractivity contribution >= 4 is 17.6 Å². The zero-order valence-electron chi connectivity index (χ0n) is 13.6. The zero-order chi connectivity index (χ0) is 17.5. The van der Waals surface area contributed by atoms with Gasteiger partial charge in [-0.15, -0.1) is 0 Å². The van der Waals surface area contributed by atoms with Crippen molar-refractivity contribution in [1.82, 2.24) is 5.12 Å². The number of esters is 1. The van der Waals surface area contributed by atoms with Crippen LogP contribution in [0.25, 0.3) is 0 Å². The van der Waals surface area contributed by atoms with Crippen LogP contribution in [0.1, 0.15) is 20.7 Å². The Morgan fingerprint density at radius 2 is 1.58 bits per heavy atom. The van der Waals surface area contributed by atoms with Crippen LogP contribution in [0.2, 0.25) is 0 Å². The molecule has 2 rings (SSSR count). The number of benzene rings is 2. The standard InChI is InChI=1S/C18H19FN2O3/c1-20(2)16-10-8-14(9-11-16)17(22)21(19)12-13-24-18(23)15-6-4-3-5-7-15/h3-11H,12-13H2,1-2H3. The predicted octanol–water partition coefficient (Wildman–Crippen LogP) is 2.94. The first-order valence-corrected chi connectivity index (χ1v) is 7.46. The summed E-state index contributed by atoms with van der Waals surface area (Å²) >= 11 is 0. The molecule has 5 nitrogen and oxygen atoms in total. The van der Waals surface area contributed by atoms with Crippen LogP contribution in [0.3, 0.4) is 0 Å². The predicted molar refractivity (Wildman–Crippen MR) is 89.6 cm³/mol. The third kappa shape index (κ3) is 4.55. The van der Waals surface area contributed by atoms with Gasteiger partial charge in [0.2, 0.25) is 0 Å². The average molecular weight is 330 g/mol. The molecule has 0 aliphatic carbocycles. The summed E-state index contributed by atoms with van der Waals surface area (Å²) in [6, 6.07) is 15.0. The average Bonchev–Trinajstić information content (AvgIpc) is 2.61. The summed E-state index contributed by atoms with van der Waals surface area (Å²) in [6.07, 6.45) is 0. The molecule has 24 heavy (non-hydrogen) atoms. The van der Waals surface area contributed by atoms with E-state index in [9.17, 15) is 14.1 Å². The van der Waals surface area contributed by atoms with Gasteiger partial charge in [0.05, 0.1) is 12.1 Å². The van der Waals surface area contributed by atoms with Crippen LogP contribution in [-0.2, 0) is 4.74 Å². The van der Waals surface area contributed by atoms with Crippen molar-refractivity contribution in [3.8, 4) is 0 Å². The van der Waals surface area contributed by atoms with Crippen molar-refractivity contribution in [2.75, 3.05) is 32.1 Å². The lowest BCUT2D eigenvalue weighted by molar-refractivity contribution is 0.00302. The van der Waals surface area contributed by atoms with Crippen LogP contribution in [0.5, 0.6) is 0 Å². The zero-order valence-corrected chi connectivity index (χ0v) is 13.6. The molecule has 0 N–H and O–H groups in total. The first-order valence-electron chi connectivity index (χ1n) is 7.46. The Bertz CT molecular complexity index is 687. The number of rotatable bonds is 6. The second-order valence-corrected chi connectivity index (χ2v) is 5.33. The molecule has 0 unspecified atom stereocenters. The van der Waals surface area contributed by atoms with Crippen LogP contribution in [0, 0.1) is 0 Å². The van der Waals surface area contributed by atoms with E-state index >= 15 is 0 Å². The van der Waals surface area contributed by atoms with Gasteiger partial charge in [-0.3, -0.25) is 4.79 Å². The molecule has 0 saturated carbocycles. The fraction of sp³-hybridized carbons (Fsp3) is 0.222. The van der Waals surface area contributed by atoms with Crippen molar-refractivity contribution in [3.05, 3.63) is 65.7 Å². The molecule has 0 radical (unpaired) electrons. The van der Waals surface area contributed by atoms with E-state index in [1.165, 1.54) is 0 Å². The molecule has 0 aliphatic rings. The van der Waals surface area contributed by atoms with E-state index < -0.39 is 11.9 Å². The van der Waals surface area contributed by atoms with Gasteiger partial charge in [-0.2, -0.15) is 5.12 Å². The molecule has 0 spiro atoms. The summed E-state index contributed by atoms with van der Waals surface area (Å²) < 4.78 is 18.8. The van der Waals surface area contributed by atoms with Gasteiger partial charge in [-0.1, -0.05) is 22.7 Å². The Labute approximate surface area is 140 Å². The largest absolute Gasteiger partial charge is 0.460 e. The van der Waals surface area contributed by atoms with Crippen molar-refractivity contribution < 1.29 is 18.8 Å². The Morgan fingerprint density at radius 1 is 0.958 bits per heavy atom. The number of carbonyl (C=O) groups is 2. The molecule has 2 aromatic carbocycles. The van der Waals surface area contributed by atoms with E-state index in [0.29, 0.717) is 5.56 Å². The maximum Gasteiger partial charge on any atom is 0.338 e. The van der Waals surface area contributed by atoms with E-state index in [0.717, 1.165) is 5.69 Å². The minimum Gasteiger partial charge on any atom is -0.460 e. The Kier molecular flexibility index (Phi) is 5.89. The second-order valence-electron chi connectivity index (χ2n) is 5.33. The minimum atomic E-state index is -0.768. The molecule has 0 fully saturated rings. The van der Waals surface area contributed by atoms with Crippen LogP contribution in [0.4, 0.5) is 10.2 Å². The van der Waals surface area contributed by atoms with Gasteiger partial charge in [-0.25, -0.2) is 4.79 Å². The summed E-state index contributed by atoms with van der Waals surface area (Å²) in [5.41, 5.74) is 1.53. The van der Waals surface area contributed by atoms with E-state index in [1.54, 1.807) is 54.6 Å². The molecule has 0 saturated heterocycles. The Morgan fingerprint density at radius 3 is 2.17 bits per heavy atom. The second kappa shape index (κ2) is 8.10. The first kappa shape index (κ1) is 17.5. The monoisotopic (exact) mass is 330 g/mol. The van der Waals surface area contributed by atoms with Gasteiger partial charge in [0, 0.05) is 25.3 Å². The Hall–Kier alpha value is -2.89. The van der Waals surface area contributed by atoms with Gasteiger partial charge in [0.15, 0.2) is 0 Å². The van der Waals surface area contributed by atoms with Gasteiger partial charge in [-0.05, 0) is 36.4 Å². The lowest BCUT2D eigenvalue weighted by Gasteiger charge is -2.14. The molecule has 0 aromatic heterocycles. The molecule has 0 atom stereocenters. The third-order valence-corrected chi connectivity index (χ3v) is 3.38. The van der Waals surface area contributed by atoms with E-state index in [1.807, 2.05) is 19.0 Å². The van der Waals surface area contributed by atoms with E-state index in [2.05, 4.69) is 0 Å². The summed E-state index contributed by atoms with van der Waals surface area (Å²) in [5.74, 6) is -1.32. The molecule has 6 heteroatoms. The number of halogens is 1. The van der Waals surface area contributed by atoms with Gasteiger partial charge in [0.1, 0.15) is 6.61 Å². The number of hydrogen-bond acceptors (Lipinski definition) is 4. The highest BCUT2D eigenvalue weighted by molar-refractivity contribution is 5.94. The maximum atomic E-state index is 13.9. The highest BCUT2D eigenvalue weighted by Gasteiger charge is 2.16. The van der Waals surface area contributed by atoms with Crippen molar-refractivity contribution in [2.45, 2.75) is 0 Å². The molecular formula is C18H19FN2O3. The third-order valence-electron chi connectivity index (χ3n) is 3.38. The SMILES string of the molecule is CN(C)c1ccc(C(=O)N(F)CCOC(=O)c2ccccc2)cc1. The minimum absolute atomic E-state index is 0.0446. The Balaban J connectivity index is 1.84. The molecule has 0 heterocycles. The lowest BCUT2D eigenvalue weighted by Crippen LogP contribution is -2.27. The molecule has 0 aliphatic heterocycles. The van der Waals surface area contributed by atoms with E-state index in [-0.39, 0.29) is 23.8 Å². The van der Waals surface area contributed by atoms with Gasteiger partial charge in [0.25, 0.3) is 5.91 Å². The highest BCUT2D eigenvalue weighted by Crippen LogP contribution is 2.14. The fourth-order valence-corrected chi connectivity index (χ4v) is 2.02. The lowest BCUT2D eigenvalue weighted by atomic mass is 10.2. The van der Waals surface area contributed by atoms with Gasteiger partial charge < -0.3 is 9.64 Å². The topological polar surface area (TPSA) is 49.9 Å². The molecule has 2 aromatic rings. The van der Waals surface area contributed by atoms with Crippen molar-refractivity contribution in [2.24, 2.45) is 0 Å². The van der Waals surface area contributed by atoms with Crippen LogP contribution in [-0.4, -0.2) is 44.2 Å². The summed E-state index contributed by atoms with van der Waals surface area (Å²) in [7, 11) is 3.75. The van der Waals surface area contributed by atoms with Crippen LogP contribution >= 0.6 is 0 Å². The normalized spacial score (nSPS) is 10.1. The fourth-order valence-electron chi connectivity index (χ4n) is 2.02. The van der Waals surface area contributed by atoms with Crippen molar-refractivity contribution in [1.29, 1.82) is 0 Å². The summed E-state index contributed by atoms with van der Waals surface area (Å²) in [6.45, 7) is -0.543. The van der Waals surface area contributed by atoms with E-state index in [4.69, 9.17) is 4.74 Å². The highest BCUT2D eigenvalue weighted by atomic mass is 19.2. The number of ether oxygens (including phenoxy) is 1. The number of hydrogen-bond donors (Lipinski definition) is 0. The summed E-state index contributed by atoms with van der Waals surface area (Å²) in [4.78, 5) is 25.6. The van der Waals surface area contributed by atoms with Gasteiger partial charge >= 0.3 is 5.97 Å². The molecule has 126 valence electrons. The van der Waals surface area contributed by atoms with Crippen LogP contribution in [0.15, 0.2) is 54.6 Å². The van der Waals surface area contributed by atoms with Crippen molar-refractivity contribution in [3.63, 3.8) is 0 Å². The number of anilines is 1. The smallest absolute Gasteiger partial charge is 0.338 e. The molecular weight excluding hydrogens is 311 g/mol. The molecule has 1 amide bonds. The first-order chi connectivity index (χ1) is 11.5. The summed E-state index contributed by atoms with van der Waals surface area (Å²) in [5, 5.41) is 0.0446. The maximum absolute atomic E-state index is 13.9.